The van der Waals surface area contributed by atoms with Crippen LogP contribution in [0.4, 0.5) is 0 Å². The Morgan fingerprint density at radius 3 is 3.13 bits per heavy atom. The molecule has 0 aromatic heterocycles. The normalized spacial score (nSPS) is 17.7. The molecule has 0 saturated carbocycles. The van der Waals surface area contributed by atoms with Crippen molar-refractivity contribution in [3.05, 3.63) is 29.8 Å². The molecule has 0 aliphatic carbocycles. The van der Waals surface area contributed by atoms with Crippen LogP contribution >= 0.6 is 0 Å². The Bertz CT molecular complexity index is 310. The quantitative estimate of drug-likeness (QED) is 0.772. The van der Waals surface area contributed by atoms with Crippen molar-refractivity contribution >= 4 is 0 Å². The number of nitrogens with one attached hydrogen (secondary N) is 2. The number of nitrogens with zero attached hydrogens (tertiary/aromatic N) is 1. The second-order valence-corrected chi connectivity index (χ2v) is 3.67. The summed E-state index contributed by atoms with van der Waals surface area (Å²) in [4.78, 5) is 0. The predicted octanol–water partition coefficient (Wildman–Crippen LogP) is 0.910. The van der Waals surface area contributed by atoms with Crippen LogP contribution in [0.15, 0.2) is 24.3 Å². The minimum atomic E-state index is 0.893. The second kappa shape index (κ2) is 5.11. The molecule has 0 radical (unpaired) electrons. The van der Waals surface area contributed by atoms with Crippen molar-refractivity contribution in [2.75, 3.05) is 20.2 Å². The van der Waals surface area contributed by atoms with Crippen LogP contribution < -0.4 is 15.7 Å². The summed E-state index contributed by atoms with van der Waals surface area (Å²) >= 11 is 0. The first-order chi connectivity index (χ1) is 7.38. The predicted molar refractivity (Wildman–Crippen MR) is 59.2 cm³/mol. The van der Waals surface area contributed by atoms with E-state index < -0.39 is 0 Å². The highest BCUT2D eigenvalue weighted by atomic mass is 16.5. The van der Waals surface area contributed by atoms with Gasteiger partial charge in [-0.05, 0) is 24.1 Å². The van der Waals surface area contributed by atoms with Gasteiger partial charge in [0, 0.05) is 19.6 Å². The summed E-state index contributed by atoms with van der Waals surface area (Å²) in [5, 5.41) is 2.16. The molecule has 1 aromatic carbocycles. The van der Waals surface area contributed by atoms with Gasteiger partial charge in [-0.1, -0.05) is 12.1 Å². The zero-order valence-corrected chi connectivity index (χ0v) is 8.99. The molecule has 0 spiro atoms. The van der Waals surface area contributed by atoms with Gasteiger partial charge in [-0.3, -0.25) is 0 Å². The van der Waals surface area contributed by atoms with E-state index in [0.717, 1.165) is 25.4 Å². The van der Waals surface area contributed by atoms with Crippen LogP contribution in [0.2, 0.25) is 0 Å². The number of hydrogen-bond acceptors (Lipinski definition) is 4. The van der Waals surface area contributed by atoms with Crippen LogP contribution in [0, 0.1) is 0 Å². The van der Waals surface area contributed by atoms with Crippen LogP contribution in [0.3, 0.4) is 0 Å². The first-order valence-electron chi connectivity index (χ1n) is 5.25. The van der Waals surface area contributed by atoms with Gasteiger partial charge in [-0.25, -0.2) is 10.4 Å². The van der Waals surface area contributed by atoms with Crippen LogP contribution in [0.1, 0.15) is 12.0 Å². The average molecular weight is 207 g/mol. The summed E-state index contributed by atoms with van der Waals surface area (Å²) in [5.41, 5.74) is 7.53. The van der Waals surface area contributed by atoms with Crippen molar-refractivity contribution < 1.29 is 4.74 Å². The molecule has 1 saturated heterocycles. The number of hydrogen-bond donors (Lipinski definition) is 2. The standard InChI is InChI=1S/C11H17N3O/c1-15-11-5-2-4-10(8-11)9-14-7-3-6-12-13-14/h2,4-5,8,12-13H,3,6-7,9H2,1H3. The van der Waals surface area contributed by atoms with Crippen LogP contribution in [0.5, 0.6) is 5.75 Å². The topological polar surface area (TPSA) is 36.5 Å². The van der Waals surface area contributed by atoms with E-state index in [1.54, 1.807) is 7.11 Å². The largest absolute Gasteiger partial charge is 0.497 e. The number of ether oxygens (including phenoxy) is 1. The highest BCUT2D eigenvalue weighted by Gasteiger charge is 2.09. The van der Waals surface area contributed by atoms with Crippen molar-refractivity contribution in [3.8, 4) is 5.75 Å². The van der Waals surface area contributed by atoms with Crippen LogP contribution in [0.25, 0.3) is 0 Å². The van der Waals surface area contributed by atoms with Crippen LogP contribution in [-0.4, -0.2) is 25.2 Å². The Labute approximate surface area is 90.2 Å². The molecule has 4 heteroatoms. The third kappa shape index (κ3) is 2.92. The molecule has 2 N–H and O–H groups in total. The minimum Gasteiger partial charge on any atom is -0.497 e. The van der Waals surface area contributed by atoms with Gasteiger partial charge in [0.2, 0.25) is 0 Å². The van der Waals surface area contributed by atoms with E-state index in [1.807, 2.05) is 12.1 Å². The maximum absolute atomic E-state index is 5.19. The zero-order valence-electron chi connectivity index (χ0n) is 8.99. The van der Waals surface area contributed by atoms with E-state index in [0.29, 0.717) is 0 Å². The molecular formula is C11H17N3O. The van der Waals surface area contributed by atoms with Crippen LogP contribution in [-0.2, 0) is 6.54 Å². The molecule has 82 valence electrons. The SMILES string of the molecule is COc1cccc(CN2CCCNN2)c1. The van der Waals surface area contributed by atoms with E-state index >= 15 is 0 Å². The van der Waals surface area contributed by atoms with Gasteiger partial charge in [0.25, 0.3) is 0 Å². The number of benzene rings is 1. The van der Waals surface area contributed by atoms with Crippen molar-refractivity contribution in [3.63, 3.8) is 0 Å². The Hall–Kier alpha value is -1.10. The Morgan fingerprint density at radius 1 is 1.47 bits per heavy atom. The van der Waals surface area contributed by atoms with Crippen molar-refractivity contribution in [1.29, 1.82) is 0 Å². The lowest BCUT2D eigenvalue weighted by Crippen LogP contribution is -2.52. The average Bonchev–Trinajstić information content (AvgIpc) is 2.31. The summed E-state index contributed by atoms with van der Waals surface area (Å²) in [6.07, 6.45) is 1.18. The molecule has 1 fully saturated rings. The molecule has 1 aromatic rings. The van der Waals surface area contributed by atoms with Gasteiger partial charge in [-0.2, -0.15) is 5.53 Å². The van der Waals surface area contributed by atoms with Gasteiger partial charge in [-0.15, -0.1) is 0 Å². The van der Waals surface area contributed by atoms with Gasteiger partial charge in [0.05, 0.1) is 7.11 Å². The summed E-state index contributed by atoms with van der Waals surface area (Å²) in [7, 11) is 1.69. The third-order valence-electron chi connectivity index (χ3n) is 2.47. The molecule has 0 unspecified atom stereocenters. The first kappa shape index (κ1) is 10.4. The molecule has 0 atom stereocenters. The Kier molecular flexibility index (Phi) is 3.55. The van der Waals surface area contributed by atoms with E-state index in [9.17, 15) is 0 Å². The molecule has 4 nitrogen and oxygen atoms in total. The maximum atomic E-state index is 5.19. The van der Waals surface area contributed by atoms with Gasteiger partial charge in [0.15, 0.2) is 0 Å². The minimum absolute atomic E-state index is 0.893. The van der Waals surface area contributed by atoms with E-state index in [-0.39, 0.29) is 0 Å². The fourth-order valence-electron chi connectivity index (χ4n) is 1.69. The monoisotopic (exact) mass is 207 g/mol. The summed E-state index contributed by atoms with van der Waals surface area (Å²) in [6.45, 7) is 3.00. The number of rotatable bonds is 3. The fraction of sp³-hybridized carbons (Fsp3) is 0.455. The molecule has 0 bridgehead atoms. The van der Waals surface area contributed by atoms with Crippen molar-refractivity contribution in [2.45, 2.75) is 13.0 Å². The second-order valence-electron chi connectivity index (χ2n) is 3.67. The lowest BCUT2D eigenvalue weighted by atomic mass is 10.2. The van der Waals surface area contributed by atoms with Crippen molar-refractivity contribution in [1.82, 2.24) is 16.0 Å². The highest BCUT2D eigenvalue weighted by molar-refractivity contribution is 5.28. The summed E-state index contributed by atoms with van der Waals surface area (Å²) in [5.74, 6) is 0.914. The smallest absolute Gasteiger partial charge is 0.119 e. The van der Waals surface area contributed by atoms with E-state index in [2.05, 4.69) is 28.1 Å². The van der Waals surface area contributed by atoms with Gasteiger partial charge >= 0.3 is 0 Å². The molecular weight excluding hydrogens is 190 g/mol. The lowest BCUT2D eigenvalue weighted by molar-refractivity contribution is 0.109. The molecule has 1 aliphatic heterocycles. The number of hydrazine groups is 2. The van der Waals surface area contributed by atoms with E-state index in [1.165, 1.54) is 12.0 Å². The zero-order chi connectivity index (χ0) is 10.5. The summed E-state index contributed by atoms with van der Waals surface area (Å²) < 4.78 is 5.19. The molecule has 1 heterocycles. The third-order valence-corrected chi connectivity index (χ3v) is 2.47. The lowest BCUT2D eigenvalue weighted by Gasteiger charge is -2.28. The molecule has 0 amide bonds. The fourth-order valence-corrected chi connectivity index (χ4v) is 1.69. The Morgan fingerprint density at radius 2 is 2.40 bits per heavy atom. The first-order valence-corrected chi connectivity index (χ1v) is 5.25. The summed E-state index contributed by atoms with van der Waals surface area (Å²) in [6, 6.07) is 8.16. The Balaban J connectivity index is 1.96. The molecule has 1 aliphatic rings. The van der Waals surface area contributed by atoms with Gasteiger partial charge < -0.3 is 4.74 Å². The number of methoxy groups -OCH3 is 1. The van der Waals surface area contributed by atoms with E-state index in [4.69, 9.17) is 4.74 Å². The van der Waals surface area contributed by atoms with Crippen molar-refractivity contribution in [2.24, 2.45) is 0 Å². The van der Waals surface area contributed by atoms with Gasteiger partial charge in [0.1, 0.15) is 5.75 Å². The molecule has 15 heavy (non-hydrogen) atoms. The molecule has 2 rings (SSSR count). The maximum Gasteiger partial charge on any atom is 0.119 e. The highest BCUT2D eigenvalue weighted by Crippen LogP contribution is 2.13.